The summed E-state index contributed by atoms with van der Waals surface area (Å²) in [7, 11) is 0. The summed E-state index contributed by atoms with van der Waals surface area (Å²) in [5, 5.41) is 2.97. The Labute approximate surface area is 112 Å². The van der Waals surface area contributed by atoms with Gasteiger partial charge in [0.15, 0.2) is 0 Å². The first-order valence-corrected chi connectivity index (χ1v) is 5.47. The molecule has 1 aromatic carbocycles. The zero-order valence-electron chi connectivity index (χ0n) is 8.34. The third-order valence-corrected chi connectivity index (χ3v) is 2.99. The minimum Gasteiger partial charge on any atom is -0.366 e. The van der Waals surface area contributed by atoms with E-state index in [1.165, 1.54) is 12.1 Å². The van der Waals surface area contributed by atoms with Crippen molar-refractivity contribution in [2.45, 2.75) is 0 Å². The van der Waals surface area contributed by atoms with Gasteiger partial charge in [-0.15, -0.1) is 0 Å². The van der Waals surface area contributed by atoms with E-state index in [-0.39, 0.29) is 15.1 Å². The van der Waals surface area contributed by atoms with Crippen molar-refractivity contribution in [2.75, 3.05) is 5.32 Å². The van der Waals surface area contributed by atoms with E-state index in [1.54, 1.807) is 0 Å². The highest BCUT2D eigenvalue weighted by Gasteiger charge is 2.09. The van der Waals surface area contributed by atoms with E-state index in [0.29, 0.717) is 5.69 Å². The highest BCUT2D eigenvalue weighted by Crippen LogP contribution is 2.35. The van der Waals surface area contributed by atoms with Gasteiger partial charge in [0.05, 0.1) is 20.8 Å². The molecule has 7 heteroatoms. The summed E-state index contributed by atoms with van der Waals surface area (Å²) in [6, 6.07) is 2.98. The normalized spacial score (nSPS) is 10.5. The molecule has 0 aliphatic carbocycles. The Kier molecular flexibility index (Phi) is 4.81. The lowest BCUT2D eigenvalue weighted by Gasteiger charge is -2.07. The summed E-state index contributed by atoms with van der Waals surface area (Å²) in [4.78, 5) is 21.7. The van der Waals surface area contributed by atoms with Crippen LogP contribution in [0.5, 0.6) is 0 Å². The van der Waals surface area contributed by atoms with Gasteiger partial charge in [-0.1, -0.05) is 34.8 Å². The first-order valence-electron chi connectivity index (χ1n) is 4.34. The van der Waals surface area contributed by atoms with E-state index >= 15 is 0 Å². The molecule has 0 radical (unpaired) electrons. The molecule has 0 aliphatic heterocycles. The molecule has 0 saturated heterocycles. The van der Waals surface area contributed by atoms with Gasteiger partial charge in [0, 0.05) is 12.2 Å². The maximum absolute atomic E-state index is 11.3. The van der Waals surface area contributed by atoms with Gasteiger partial charge in [0.1, 0.15) is 0 Å². The van der Waals surface area contributed by atoms with Crippen molar-refractivity contribution in [3.05, 3.63) is 39.4 Å². The number of anilines is 1. The molecule has 0 atom stereocenters. The molecular weight excluding hydrogens is 286 g/mol. The van der Waals surface area contributed by atoms with Crippen LogP contribution in [0.25, 0.3) is 0 Å². The van der Waals surface area contributed by atoms with Crippen molar-refractivity contribution in [2.24, 2.45) is 5.73 Å². The number of benzene rings is 1. The number of carbonyl (C=O) groups is 2. The van der Waals surface area contributed by atoms with Gasteiger partial charge in [0.2, 0.25) is 11.8 Å². The number of amides is 2. The Morgan fingerprint density at radius 2 is 1.76 bits per heavy atom. The van der Waals surface area contributed by atoms with Crippen LogP contribution in [-0.4, -0.2) is 11.8 Å². The molecule has 0 bridgehead atoms. The van der Waals surface area contributed by atoms with Crippen molar-refractivity contribution in [1.29, 1.82) is 0 Å². The summed E-state index contributed by atoms with van der Waals surface area (Å²) >= 11 is 17.4. The monoisotopic (exact) mass is 292 g/mol. The van der Waals surface area contributed by atoms with E-state index in [9.17, 15) is 9.59 Å². The number of hydrogen-bond donors (Lipinski definition) is 2. The van der Waals surface area contributed by atoms with Crippen LogP contribution in [-0.2, 0) is 9.59 Å². The van der Waals surface area contributed by atoms with Crippen molar-refractivity contribution in [1.82, 2.24) is 0 Å². The Hall–Kier alpha value is -1.23. The highest BCUT2D eigenvalue weighted by molar-refractivity contribution is 6.49. The first kappa shape index (κ1) is 13.8. The summed E-state index contributed by atoms with van der Waals surface area (Å²) in [6.45, 7) is 0. The summed E-state index contributed by atoms with van der Waals surface area (Å²) in [5.74, 6) is -1.27. The lowest BCUT2D eigenvalue weighted by Crippen LogP contribution is -2.11. The van der Waals surface area contributed by atoms with Gasteiger partial charge in [-0.25, -0.2) is 0 Å². The van der Waals surface area contributed by atoms with Crippen LogP contribution in [0.1, 0.15) is 0 Å². The molecule has 1 aromatic rings. The molecule has 0 saturated carbocycles. The van der Waals surface area contributed by atoms with Crippen LogP contribution in [0.2, 0.25) is 15.1 Å². The molecule has 0 unspecified atom stereocenters. The molecule has 0 spiro atoms. The van der Waals surface area contributed by atoms with Crippen LogP contribution in [0.4, 0.5) is 5.69 Å². The molecule has 17 heavy (non-hydrogen) atoms. The van der Waals surface area contributed by atoms with Gasteiger partial charge >= 0.3 is 0 Å². The number of rotatable bonds is 3. The van der Waals surface area contributed by atoms with E-state index in [0.717, 1.165) is 12.2 Å². The van der Waals surface area contributed by atoms with E-state index in [2.05, 4.69) is 5.32 Å². The predicted octanol–water partition coefficient (Wildman–Crippen LogP) is 2.63. The lowest BCUT2D eigenvalue weighted by atomic mass is 10.3. The predicted molar refractivity (Wildman–Crippen MR) is 68.4 cm³/mol. The second-order valence-corrected chi connectivity index (χ2v) is 4.11. The molecule has 1 rings (SSSR count). The van der Waals surface area contributed by atoms with Gasteiger partial charge in [0.25, 0.3) is 0 Å². The lowest BCUT2D eigenvalue weighted by molar-refractivity contribution is -0.115. The fourth-order valence-electron chi connectivity index (χ4n) is 0.955. The number of halogens is 3. The highest BCUT2D eigenvalue weighted by atomic mass is 35.5. The third-order valence-electron chi connectivity index (χ3n) is 1.69. The van der Waals surface area contributed by atoms with Crippen LogP contribution < -0.4 is 11.1 Å². The molecule has 0 fully saturated rings. The topological polar surface area (TPSA) is 72.2 Å². The standard InChI is InChI=1S/C10H7Cl3N2O2/c11-5-1-2-6(10(13)9(5)12)15-8(17)4-3-7(14)16/h1-4H,(H2,14,16)(H,15,17)/b4-3-. The van der Waals surface area contributed by atoms with E-state index in [4.69, 9.17) is 40.5 Å². The van der Waals surface area contributed by atoms with Crippen LogP contribution >= 0.6 is 34.8 Å². The number of nitrogens with one attached hydrogen (secondary N) is 1. The minimum atomic E-state index is -0.722. The maximum atomic E-state index is 11.3. The summed E-state index contributed by atoms with van der Waals surface area (Å²) < 4.78 is 0. The average Bonchev–Trinajstić information content (AvgIpc) is 2.27. The molecule has 0 aromatic heterocycles. The van der Waals surface area contributed by atoms with Crippen LogP contribution in [0.15, 0.2) is 24.3 Å². The minimum absolute atomic E-state index is 0.125. The van der Waals surface area contributed by atoms with Crippen LogP contribution in [0.3, 0.4) is 0 Å². The summed E-state index contributed by atoms with van der Waals surface area (Å²) in [6.07, 6.45) is 1.92. The Morgan fingerprint density at radius 1 is 1.12 bits per heavy atom. The Morgan fingerprint density at radius 3 is 2.35 bits per heavy atom. The molecule has 0 heterocycles. The fraction of sp³-hybridized carbons (Fsp3) is 0. The molecule has 4 nitrogen and oxygen atoms in total. The fourth-order valence-corrected chi connectivity index (χ4v) is 1.54. The number of primary amides is 1. The van der Waals surface area contributed by atoms with Crippen LogP contribution in [0, 0.1) is 0 Å². The Balaban J connectivity index is 2.86. The average molecular weight is 294 g/mol. The number of carbonyl (C=O) groups excluding carboxylic acids is 2. The molecule has 3 N–H and O–H groups in total. The van der Waals surface area contributed by atoms with Crippen molar-refractivity contribution in [3.8, 4) is 0 Å². The molecule has 0 aliphatic rings. The Bertz CT molecular complexity index is 501. The maximum Gasteiger partial charge on any atom is 0.248 e. The van der Waals surface area contributed by atoms with Gasteiger partial charge in [-0.2, -0.15) is 0 Å². The number of hydrogen-bond acceptors (Lipinski definition) is 2. The smallest absolute Gasteiger partial charge is 0.248 e. The van der Waals surface area contributed by atoms with Crippen molar-refractivity contribution >= 4 is 52.3 Å². The molecular formula is C10H7Cl3N2O2. The summed E-state index contributed by atoms with van der Waals surface area (Å²) in [5.41, 5.74) is 5.13. The zero-order valence-corrected chi connectivity index (χ0v) is 10.6. The quantitative estimate of drug-likeness (QED) is 0.664. The van der Waals surface area contributed by atoms with Crippen molar-refractivity contribution in [3.63, 3.8) is 0 Å². The largest absolute Gasteiger partial charge is 0.366 e. The second kappa shape index (κ2) is 5.91. The van der Waals surface area contributed by atoms with E-state index in [1.807, 2.05) is 0 Å². The molecule has 90 valence electrons. The van der Waals surface area contributed by atoms with Gasteiger partial charge in [-0.05, 0) is 12.1 Å². The van der Waals surface area contributed by atoms with E-state index < -0.39 is 11.8 Å². The van der Waals surface area contributed by atoms with Gasteiger partial charge < -0.3 is 11.1 Å². The van der Waals surface area contributed by atoms with Crippen molar-refractivity contribution < 1.29 is 9.59 Å². The third kappa shape index (κ3) is 3.93. The first-order chi connectivity index (χ1) is 7.91. The number of nitrogens with two attached hydrogens (primary N) is 1. The molecule has 2 amide bonds. The SMILES string of the molecule is NC(=O)/C=C\C(=O)Nc1ccc(Cl)c(Cl)c1Cl. The zero-order chi connectivity index (χ0) is 13.0. The van der Waals surface area contributed by atoms with Gasteiger partial charge in [-0.3, -0.25) is 9.59 Å². The second-order valence-electron chi connectivity index (χ2n) is 2.95.